The van der Waals surface area contributed by atoms with Crippen LogP contribution in [0.3, 0.4) is 0 Å². The maximum atomic E-state index is 12.6. The fourth-order valence-corrected chi connectivity index (χ4v) is 3.79. The predicted molar refractivity (Wildman–Crippen MR) is 116 cm³/mol. The topological polar surface area (TPSA) is 128 Å². The Morgan fingerprint density at radius 2 is 1.74 bits per heavy atom. The average Bonchev–Trinajstić information content (AvgIpc) is 2.74. The van der Waals surface area contributed by atoms with Gasteiger partial charge in [0.15, 0.2) is 0 Å². The van der Waals surface area contributed by atoms with Crippen molar-refractivity contribution >= 4 is 33.0 Å². The van der Waals surface area contributed by atoms with Crippen LogP contribution in [0.25, 0.3) is 0 Å². The Bertz CT molecular complexity index is 1240. The second-order valence-corrected chi connectivity index (χ2v) is 8.28. The van der Waals surface area contributed by atoms with Crippen LogP contribution in [0.15, 0.2) is 71.6 Å². The molecule has 0 spiro atoms. The zero-order chi connectivity index (χ0) is 22.6. The molecule has 0 aliphatic carbocycles. The highest BCUT2D eigenvalue weighted by molar-refractivity contribution is 7.92. The molecule has 10 heteroatoms. The van der Waals surface area contributed by atoms with Crippen LogP contribution >= 0.6 is 0 Å². The van der Waals surface area contributed by atoms with E-state index in [-0.39, 0.29) is 33.3 Å². The summed E-state index contributed by atoms with van der Waals surface area (Å²) >= 11 is 0. The highest BCUT2D eigenvalue weighted by Gasteiger charge is 2.19. The van der Waals surface area contributed by atoms with Crippen molar-refractivity contribution < 1.29 is 22.9 Å². The number of methoxy groups -OCH3 is 1. The number of aryl methyl sites for hydroxylation is 1. The first-order valence-electron chi connectivity index (χ1n) is 9.03. The summed E-state index contributed by atoms with van der Waals surface area (Å²) in [7, 11) is -2.47. The Labute approximate surface area is 178 Å². The predicted octanol–water partition coefficient (Wildman–Crippen LogP) is 3.96. The highest BCUT2D eigenvalue weighted by atomic mass is 32.2. The Morgan fingerprint density at radius 3 is 2.39 bits per heavy atom. The van der Waals surface area contributed by atoms with Gasteiger partial charge in [-0.1, -0.05) is 23.8 Å². The number of nitrogens with one attached hydrogen (secondary N) is 2. The number of amides is 1. The van der Waals surface area contributed by atoms with E-state index in [2.05, 4.69) is 10.0 Å². The van der Waals surface area contributed by atoms with Crippen LogP contribution in [-0.2, 0) is 10.0 Å². The summed E-state index contributed by atoms with van der Waals surface area (Å²) in [5.41, 5.74) is 0.877. The van der Waals surface area contributed by atoms with E-state index in [1.165, 1.54) is 61.7 Å². The smallest absolute Gasteiger partial charge is 0.296 e. The lowest BCUT2D eigenvalue weighted by molar-refractivity contribution is -0.384. The molecule has 0 fully saturated rings. The number of hydrogen-bond donors (Lipinski definition) is 2. The van der Waals surface area contributed by atoms with Crippen LogP contribution < -0.4 is 14.8 Å². The standard InChI is InChI=1S/C21H19N3O6S/c1-14-6-9-18(10-7-14)31(28,29)23-16-5-3-4-15(12-16)21(25)22-19-11-8-17(30-2)13-20(19)24(26)27/h3-13,23H,1-2H3,(H,22,25). The van der Waals surface area contributed by atoms with E-state index in [0.717, 1.165) is 5.56 Å². The van der Waals surface area contributed by atoms with Gasteiger partial charge in [0.2, 0.25) is 0 Å². The van der Waals surface area contributed by atoms with Crippen molar-refractivity contribution in [2.45, 2.75) is 11.8 Å². The van der Waals surface area contributed by atoms with Crippen molar-refractivity contribution in [3.05, 3.63) is 88.0 Å². The zero-order valence-electron chi connectivity index (χ0n) is 16.7. The van der Waals surface area contributed by atoms with E-state index in [1.807, 2.05) is 6.92 Å². The molecule has 0 bridgehead atoms. The third-order valence-electron chi connectivity index (χ3n) is 4.36. The van der Waals surface area contributed by atoms with E-state index in [4.69, 9.17) is 4.74 Å². The summed E-state index contributed by atoms with van der Waals surface area (Å²) in [6.45, 7) is 1.85. The molecule has 160 valence electrons. The fourth-order valence-electron chi connectivity index (χ4n) is 2.75. The van der Waals surface area contributed by atoms with E-state index in [1.54, 1.807) is 12.1 Å². The maximum absolute atomic E-state index is 12.6. The molecule has 0 aliphatic rings. The van der Waals surface area contributed by atoms with Crippen LogP contribution in [0.2, 0.25) is 0 Å². The van der Waals surface area contributed by atoms with E-state index < -0.39 is 20.9 Å². The molecule has 0 atom stereocenters. The number of carbonyl (C=O) groups is 1. The molecule has 0 saturated carbocycles. The van der Waals surface area contributed by atoms with Crippen molar-refractivity contribution in [1.82, 2.24) is 0 Å². The molecule has 0 radical (unpaired) electrons. The summed E-state index contributed by atoms with van der Waals surface area (Å²) < 4.78 is 32.5. The third kappa shape index (κ3) is 5.17. The molecule has 3 aromatic rings. The molecular weight excluding hydrogens is 422 g/mol. The van der Waals surface area contributed by atoms with Crippen molar-refractivity contribution in [2.24, 2.45) is 0 Å². The van der Waals surface area contributed by atoms with Gasteiger partial charge in [-0.05, 0) is 49.4 Å². The van der Waals surface area contributed by atoms with E-state index in [9.17, 15) is 23.3 Å². The van der Waals surface area contributed by atoms with Gasteiger partial charge in [0.25, 0.3) is 21.6 Å². The Morgan fingerprint density at radius 1 is 1.03 bits per heavy atom. The molecule has 0 heterocycles. The lowest BCUT2D eigenvalue weighted by Gasteiger charge is -2.11. The Balaban J connectivity index is 1.82. The van der Waals surface area contributed by atoms with Gasteiger partial charge in [-0.2, -0.15) is 0 Å². The lowest BCUT2D eigenvalue weighted by atomic mass is 10.2. The van der Waals surface area contributed by atoms with Crippen molar-refractivity contribution in [2.75, 3.05) is 17.1 Å². The highest BCUT2D eigenvalue weighted by Crippen LogP contribution is 2.29. The molecule has 31 heavy (non-hydrogen) atoms. The monoisotopic (exact) mass is 441 g/mol. The normalized spacial score (nSPS) is 10.9. The molecule has 1 amide bonds. The van der Waals surface area contributed by atoms with Gasteiger partial charge in [0.05, 0.1) is 23.0 Å². The number of hydrogen-bond acceptors (Lipinski definition) is 6. The number of rotatable bonds is 7. The molecule has 3 rings (SSSR count). The van der Waals surface area contributed by atoms with Gasteiger partial charge in [-0.25, -0.2) is 8.42 Å². The second-order valence-electron chi connectivity index (χ2n) is 6.59. The van der Waals surface area contributed by atoms with Gasteiger partial charge in [-0.15, -0.1) is 0 Å². The molecule has 3 aromatic carbocycles. The van der Waals surface area contributed by atoms with Crippen LogP contribution in [0.1, 0.15) is 15.9 Å². The number of ether oxygens (including phenoxy) is 1. The number of nitro groups is 1. The number of carbonyl (C=O) groups excluding carboxylic acids is 1. The summed E-state index contributed by atoms with van der Waals surface area (Å²) in [5.74, 6) is -0.359. The summed E-state index contributed by atoms with van der Waals surface area (Å²) in [4.78, 5) is 23.4. The van der Waals surface area contributed by atoms with E-state index >= 15 is 0 Å². The fraction of sp³-hybridized carbons (Fsp3) is 0.0952. The van der Waals surface area contributed by atoms with Crippen LogP contribution in [0.5, 0.6) is 5.75 Å². The number of nitro benzene ring substituents is 1. The largest absolute Gasteiger partial charge is 0.496 e. The SMILES string of the molecule is COc1ccc(NC(=O)c2cccc(NS(=O)(=O)c3ccc(C)cc3)c2)c([N+](=O)[O-])c1. The minimum atomic E-state index is -3.84. The van der Waals surface area contributed by atoms with Gasteiger partial charge >= 0.3 is 0 Å². The van der Waals surface area contributed by atoms with Gasteiger partial charge in [0, 0.05) is 11.3 Å². The first-order valence-corrected chi connectivity index (χ1v) is 10.5. The molecule has 0 unspecified atom stereocenters. The molecule has 2 N–H and O–H groups in total. The molecule has 0 aromatic heterocycles. The van der Waals surface area contributed by atoms with Crippen LogP contribution in [-0.4, -0.2) is 26.4 Å². The van der Waals surface area contributed by atoms with Gasteiger partial charge in [-0.3, -0.25) is 19.6 Å². The summed E-state index contributed by atoms with van der Waals surface area (Å²) in [6.07, 6.45) is 0. The number of sulfonamides is 1. The minimum Gasteiger partial charge on any atom is -0.496 e. The Hall–Kier alpha value is -3.92. The first kappa shape index (κ1) is 21.8. The zero-order valence-corrected chi connectivity index (χ0v) is 17.5. The minimum absolute atomic E-state index is 0.0126. The van der Waals surface area contributed by atoms with Gasteiger partial charge in [0.1, 0.15) is 11.4 Å². The molecular formula is C21H19N3O6S. The third-order valence-corrected chi connectivity index (χ3v) is 5.76. The average molecular weight is 441 g/mol. The quantitative estimate of drug-likeness (QED) is 0.422. The van der Waals surface area contributed by atoms with Crippen molar-refractivity contribution in [3.63, 3.8) is 0 Å². The van der Waals surface area contributed by atoms with Crippen molar-refractivity contribution in [1.29, 1.82) is 0 Å². The summed E-state index contributed by atoms with van der Waals surface area (Å²) in [5, 5.41) is 13.8. The first-order chi connectivity index (χ1) is 14.7. The molecule has 0 aliphatic heterocycles. The second kappa shape index (κ2) is 8.84. The molecule has 0 saturated heterocycles. The van der Waals surface area contributed by atoms with Crippen LogP contribution in [0, 0.1) is 17.0 Å². The lowest BCUT2D eigenvalue weighted by Crippen LogP contribution is -2.15. The molecule has 9 nitrogen and oxygen atoms in total. The summed E-state index contributed by atoms with van der Waals surface area (Å²) in [6, 6.07) is 16.2. The van der Waals surface area contributed by atoms with Gasteiger partial charge < -0.3 is 10.1 Å². The number of nitrogens with zero attached hydrogens (tertiary/aromatic N) is 1. The number of anilines is 2. The number of benzene rings is 3. The van der Waals surface area contributed by atoms with Crippen molar-refractivity contribution in [3.8, 4) is 5.75 Å². The van der Waals surface area contributed by atoms with Crippen LogP contribution in [0.4, 0.5) is 17.1 Å². The maximum Gasteiger partial charge on any atom is 0.296 e. The Kier molecular flexibility index (Phi) is 6.21. The van der Waals surface area contributed by atoms with E-state index in [0.29, 0.717) is 0 Å².